The minimum absolute atomic E-state index is 0.0639. The lowest BCUT2D eigenvalue weighted by atomic mass is 10.2. The molecule has 1 N–H and O–H groups in total. The molecule has 0 spiro atoms. The largest absolute Gasteiger partial charge is 0.416 e. The van der Waals surface area contributed by atoms with Crippen molar-refractivity contribution in [1.82, 2.24) is 0 Å². The second-order valence-corrected chi connectivity index (χ2v) is 9.01. The van der Waals surface area contributed by atoms with E-state index in [2.05, 4.69) is 5.32 Å². The number of fused-ring (bicyclic) bond motifs is 1. The van der Waals surface area contributed by atoms with Gasteiger partial charge in [-0.25, -0.2) is 8.42 Å². The molecule has 2 aromatic rings. The molecule has 0 saturated heterocycles. The third-order valence-corrected chi connectivity index (χ3v) is 6.49. The lowest BCUT2D eigenvalue weighted by Gasteiger charge is -2.15. The molecule has 0 aliphatic carbocycles. The predicted molar refractivity (Wildman–Crippen MR) is 105 cm³/mol. The van der Waals surface area contributed by atoms with Crippen LogP contribution in [0.3, 0.4) is 0 Å². The lowest BCUT2D eigenvalue weighted by Crippen LogP contribution is -2.25. The smallest absolute Gasteiger partial charge is 0.326 e. The molecular weight excluding hydrogens is 421 g/mol. The minimum atomic E-state index is -4.48. The fraction of sp³-hybridized carbons (Fsp3) is 0.300. The van der Waals surface area contributed by atoms with E-state index < -0.39 is 33.2 Å². The van der Waals surface area contributed by atoms with Gasteiger partial charge in [-0.15, -0.1) is 0 Å². The average molecular weight is 440 g/mol. The Balaban J connectivity index is 1.62. The zero-order valence-corrected chi connectivity index (χ0v) is 16.8. The molecular formula is C20H19F3N2O4S. The number of hydrogen-bond acceptors (Lipinski definition) is 4. The highest BCUT2D eigenvalue weighted by atomic mass is 32.2. The van der Waals surface area contributed by atoms with E-state index in [9.17, 15) is 31.2 Å². The van der Waals surface area contributed by atoms with Crippen molar-refractivity contribution >= 4 is 33.0 Å². The van der Waals surface area contributed by atoms with Crippen molar-refractivity contribution in [1.29, 1.82) is 0 Å². The highest BCUT2D eigenvalue weighted by Gasteiger charge is 2.30. The molecule has 160 valence electrons. The van der Waals surface area contributed by atoms with Gasteiger partial charge in [0.25, 0.3) is 0 Å². The van der Waals surface area contributed by atoms with E-state index in [0.717, 1.165) is 29.8 Å². The normalized spacial score (nSPS) is 13.8. The molecule has 2 amide bonds. The van der Waals surface area contributed by atoms with E-state index in [-0.39, 0.29) is 22.9 Å². The molecule has 1 aliphatic rings. The van der Waals surface area contributed by atoms with Crippen LogP contribution in [0.15, 0.2) is 47.4 Å². The lowest BCUT2D eigenvalue weighted by molar-refractivity contribution is -0.137. The van der Waals surface area contributed by atoms with Gasteiger partial charge in [0.2, 0.25) is 11.8 Å². The van der Waals surface area contributed by atoms with Gasteiger partial charge < -0.3 is 10.2 Å². The number of anilines is 2. The van der Waals surface area contributed by atoms with Gasteiger partial charge in [0.1, 0.15) is 0 Å². The summed E-state index contributed by atoms with van der Waals surface area (Å²) in [7, 11) is -3.75. The van der Waals surface area contributed by atoms with Crippen LogP contribution in [-0.4, -0.2) is 32.5 Å². The van der Waals surface area contributed by atoms with Crippen LogP contribution in [0, 0.1) is 0 Å². The van der Waals surface area contributed by atoms with Crippen LogP contribution in [0.4, 0.5) is 24.5 Å². The Labute approximate surface area is 171 Å². The fourth-order valence-electron chi connectivity index (χ4n) is 3.21. The Hall–Kier alpha value is -2.88. The van der Waals surface area contributed by atoms with Gasteiger partial charge >= 0.3 is 6.18 Å². The molecule has 0 atom stereocenters. The maximum atomic E-state index is 12.6. The van der Waals surface area contributed by atoms with Crippen molar-refractivity contribution in [3.05, 3.63) is 53.6 Å². The van der Waals surface area contributed by atoms with E-state index in [1.165, 1.54) is 19.1 Å². The summed E-state index contributed by atoms with van der Waals surface area (Å²) in [5, 5.41) is 2.39. The molecule has 6 nitrogen and oxygen atoms in total. The van der Waals surface area contributed by atoms with Crippen LogP contribution >= 0.6 is 0 Å². The summed E-state index contributed by atoms with van der Waals surface area (Å²) in [6.45, 7) is 1.93. The maximum Gasteiger partial charge on any atom is 0.416 e. The summed E-state index contributed by atoms with van der Waals surface area (Å²) in [6, 6.07) is 8.39. The van der Waals surface area contributed by atoms with Gasteiger partial charge in [-0.1, -0.05) is 0 Å². The van der Waals surface area contributed by atoms with Gasteiger partial charge in [0, 0.05) is 31.3 Å². The number of halogens is 3. The first kappa shape index (κ1) is 21.8. The first-order valence-electron chi connectivity index (χ1n) is 9.08. The summed E-state index contributed by atoms with van der Waals surface area (Å²) < 4.78 is 62.8. The molecule has 0 saturated carbocycles. The predicted octanol–water partition coefficient (Wildman–Crippen LogP) is 3.42. The Morgan fingerprint density at radius 3 is 2.37 bits per heavy atom. The standard InChI is InChI=1S/C20H19F3N2O4S/c1-13(26)25-10-8-14-12-17(6-7-18(14)25)30(28,29)11-9-19(27)24-16-4-2-15(3-5-16)20(21,22)23/h2-7,12H,8-11H2,1H3,(H,24,27). The number of nitrogens with zero attached hydrogens (tertiary/aromatic N) is 1. The van der Waals surface area contributed by atoms with Gasteiger partial charge in [-0.05, 0) is 54.4 Å². The van der Waals surface area contributed by atoms with Crippen molar-refractivity contribution in [3.8, 4) is 0 Å². The third-order valence-electron chi connectivity index (χ3n) is 4.78. The van der Waals surface area contributed by atoms with E-state index >= 15 is 0 Å². The van der Waals surface area contributed by atoms with Crippen LogP contribution in [0.1, 0.15) is 24.5 Å². The Morgan fingerprint density at radius 2 is 1.77 bits per heavy atom. The van der Waals surface area contributed by atoms with Gasteiger partial charge in [-0.2, -0.15) is 13.2 Å². The van der Waals surface area contributed by atoms with E-state index in [0.29, 0.717) is 18.7 Å². The van der Waals surface area contributed by atoms with Crippen LogP contribution in [-0.2, 0) is 32.0 Å². The Morgan fingerprint density at radius 1 is 1.10 bits per heavy atom. The topological polar surface area (TPSA) is 83.6 Å². The van der Waals surface area contributed by atoms with Gasteiger partial charge in [-0.3, -0.25) is 9.59 Å². The first-order valence-corrected chi connectivity index (χ1v) is 10.7. The number of nitrogens with one attached hydrogen (secondary N) is 1. The number of carbonyl (C=O) groups is 2. The zero-order valence-electron chi connectivity index (χ0n) is 16.0. The molecule has 1 heterocycles. The second-order valence-electron chi connectivity index (χ2n) is 6.90. The molecule has 3 rings (SSSR count). The first-order chi connectivity index (χ1) is 14.0. The molecule has 0 aromatic heterocycles. The number of hydrogen-bond donors (Lipinski definition) is 1. The van der Waals surface area contributed by atoms with Crippen molar-refractivity contribution in [2.75, 3.05) is 22.5 Å². The van der Waals surface area contributed by atoms with Crippen molar-refractivity contribution in [2.45, 2.75) is 30.8 Å². The van der Waals surface area contributed by atoms with Gasteiger partial charge in [0.05, 0.1) is 16.2 Å². The van der Waals surface area contributed by atoms with Crippen LogP contribution in [0.5, 0.6) is 0 Å². The maximum absolute atomic E-state index is 12.6. The van der Waals surface area contributed by atoms with Crippen molar-refractivity contribution in [3.63, 3.8) is 0 Å². The van der Waals surface area contributed by atoms with E-state index in [1.54, 1.807) is 11.0 Å². The zero-order chi connectivity index (χ0) is 22.1. The number of sulfone groups is 1. The quantitative estimate of drug-likeness (QED) is 0.772. The molecule has 30 heavy (non-hydrogen) atoms. The highest BCUT2D eigenvalue weighted by Crippen LogP contribution is 2.31. The number of alkyl halides is 3. The summed E-state index contributed by atoms with van der Waals surface area (Å²) in [4.78, 5) is 25.3. The number of benzene rings is 2. The average Bonchev–Trinajstić information content (AvgIpc) is 3.10. The number of amides is 2. The summed E-state index contributed by atoms with van der Waals surface area (Å²) in [5.74, 6) is -1.19. The number of rotatable bonds is 5. The van der Waals surface area contributed by atoms with Crippen LogP contribution in [0.25, 0.3) is 0 Å². The Bertz CT molecular complexity index is 1080. The molecule has 0 radical (unpaired) electrons. The summed E-state index contributed by atoms with van der Waals surface area (Å²) in [5.41, 5.74) is 0.734. The third kappa shape index (κ3) is 4.81. The molecule has 1 aliphatic heterocycles. The molecule has 10 heteroatoms. The highest BCUT2D eigenvalue weighted by molar-refractivity contribution is 7.91. The molecule has 0 bridgehead atoms. The van der Waals surface area contributed by atoms with Gasteiger partial charge in [0.15, 0.2) is 9.84 Å². The van der Waals surface area contributed by atoms with E-state index in [1.807, 2.05) is 0 Å². The molecule has 2 aromatic carbocycles. The second kappa shape index (κ2) is 8.10. The van der Waals surface area contributed by atoms with E-state index in [4.69, 9.17) is 0 Å². The fourth-order valence-corrected chi connectivity index (χ4v) is 4.50. The van der Waals surface area contributed by atoms with Crippen LogP contribution < -0.4 is 10.2 Å². The van der Waals surface area contributed by atoms with Crippen molar-refractivity contribution < 1.29 is 31.2 Å². The monoisotopic (exact) mass is 440 g/mol. The molecule has 0 fully saturated rings. The minimum Gasteiger partial charge on any atom is -0.326 e. The SMILES string of the molecule is CC(=O)N1CCc2cc(S(=O)(=O)CCC(=O)Nc3ccc(C(F)(F)F)cc3)ccc21. The summed E-state index contributed by atoms with van der Waals surface area (Å²) in [6.07, 6.45) is -4.28. The Kier molecular flexibility index (Phi) is 5.89. The summed E-state index contributed by atoms with van der Waals surface area (Å²) >= 11 is 0. The van der Waals surface area contributed by atoms with Crippen LogP contribution in [0.2, 0.25) is 0 Å². The number of carbonyl (C=O) groups excluding carboxylic acids is 2. The molecule has 0 unspecified atom stereocenters. The van der Waals surface area contributed by atoms with Crippen molar-refractivity contribution in [2.24, 2.45) is 0 Å².